The molecule has 0 bridgehead atoms. The van der Waals surface area contributed by atoms with E-state index in [1.807, 2.05) is 0 Å². The molecule has 2 aromatic carbocycles. The lowest BCUT2D eigenvalue weighted by atomic mass is 10.2. The molecule has 0 unspecified atom stereocenters. The second kappa shape index (κ2) is 7.89. The van der Waals surface area contributed by atoms with Crippen LogP contribution >= 0.6 is 0 Å². The lowest BCUT2D eigenvalue weighted by Crippen LogP contribution is -2.04. The zero-order valence-corrected chi connectivity index (χ0v) is 13.2. The average molecular weight is 314 g/mol. The molecule has 0 heterocycles. The number of methoxy groups -OCH3 is 3. The van der Waals surface area contributed by atoms with E-state index >= 15 is 0 Å². The molecule has 0 spiro atoms. The Morgan fingerprint density at radius 2 is 1.48 bits per heavy atom. The number of hydrogen-bond donors (Lipinski definition) is 0. The van der Waals surface area contributed by atoms with E-state index in [1.165, 1.54) is 13.2 Å². The molecule has 0 N–H and O–H groups in total. The minimum absolute atomic E-state index is 0.368. The molecule has 0 saturated carbocycles. The second-order valence-electron chi connectivity index (χ2n) is 4.55. The van der Waals surface area contributed by atoms with Gasteiger partial charge in [0, 0.05) is 12.1 Å². The van der Waals surface area contributed by atoms with Crippen molar-refractivity contribution in [1.82, 2.24) is 0 Å². The van der Waals surface area contributed by atoms with Gasteiger partial charge in [-0.05, 0) is 35.9 Å². The van der Waals surface area contributed by atoms with Crippen molar-refractivity contribution in [2.24, 2.45) is 0 Å². The zero-order chi connectivity index (χ0) is 16.7. The summed E-state index contributed by atoms with van der Waals surface area (Å²) < 4.78 is 20.8. The summed E-state index contributed by atoms with van der Waals surface area (Å²) in [5.74, 6) is 1.64. The van der Waals surface area contributed by atoms with Gasteiger partial charge in [-0.1, -0.05) is 12.1 Å². The van der Waals surface area contributed by atoms with Crippen LogP contribution in [-0.4, -0.2) is 27.3 Å². The summed E-state index contributed by atoms with van der Waals surface area (Å²) in [7, 11) is 4.65. The Hall–Kier alpha value is -2.95. The van der Waals surface area contributed by atoms with Crippen molar-refractivity contribution < 1.29 is 23.7 Å². The number of rotatable bonds is 6. The van der Waals surface area contributed by atoms with Crippen molar-refractivity contribution in [3.8, 4) is 23.0 Å². The molecular formula is C18H18O5. The summed E-state index contributed by atoms with van der Waals surface area (Å²) in [5, 5.41) is 0. The smallest absolute Gasteiger partial charge is 0.336 e. The highest BCUT2D eigenvalue weighted by atomic mass is 16.6. The fraction of sp³-hybridized carbons (Fsp3) is 0.167. The average Bonchev–Trinajstić information content (AvgIpc) is 2.60. The molecule has 5 heteroatoms. The quantitative estimate of drug-likeness (QED) is 0.465. The number of carbonyl (C=O) groups is 1. The van der Waals surface area contributed by atoms with E-state index in [2.05, 4.69) is 0 Å². The Morgan fingerprint density at radius 3 is 2.04 bits per heavy atom. The van der Waals surface area contributed by atoms with Gasteiger partial charge >= 0.3 is 5.97 Å². The Bertz CT molecular complexity index is 684. The highest BCUT2D eigenvalue weighted by Gasteiger charge is 2.07. The molecule has 0 aliphatic carbocycles. The lowest BCUT2D eigenvalue weighted by Gasteiger charge is -2.07. The SMILES string of the molecule is COc1cc(/C=C/C(=O)Oc2ccccc2OC)cc(OC)c1. The number of carbonyl (C=O) groups excluding carboxylic acids is 1. The zero-order valence-electron chi connectivity index (χ0n) is 13.2. The maximum Gasteiger partial charge on any atom is 0.336 e. The highest BCUT2D eigenvalue weighted by Crippen LogP contribution is 2.26. The first-order chi connectivity index (χ1) is 11.2. The molecule has 0 aromatic heterocycles. The molecule has 5 nitrogen and oxygen atoms in total. The third-order valence-corrected chi connectivity index (χ3v) is 3.07. The minimum Gasteiger partial charge on any atom is -0.497 e. The van der Waals surface area contributed by atoms with Crippen LogP contribution in [0.3, 0.4) is 0 Å². The fourth-order valence-corrected chi connectivity index (χ4v) is 1.94. The van der Waals surface area contributed by atoms with Crippen molar-refractivity contribution in [2.45, 2.75) is 0 Å². The number of hydrogen-bond acceptors (Lipinski definition) is 5. The van der Waals surface area contributed by atoms with Crippen LogP contribution in [0.2, 0.25) is 0 Å². The highest BCUT2D eigenvalue weighted by molar-refractivity contribution is 5.89. The minimum atomic E-state index is -0.503. The fourth-order valence-electron chi connectivity index (χ4n) is 1.94. The van der Waals surface area contributed by atoms with Crippen LogP contribution in [0.25, 0.3) is 6.08 Å². The Morgan fingerprint density at radius 1 is 0.870 bits per heavy atom. The van der Waals surface area contributed by atoms with Gasteiger partial charge in [0.2, 0.25) is 0 Å². The summed E-state index contributed by atoms with van der Waals surface area (Å²) in [5.41, 5.74) is 0.762. The number of para-hydroxylation sites is 2. The van der Waals surface area contributed by atoms with Gasteiger partial charge < -0.3 is 18.9 Å². The second-order valence-corrected chi connectivity index (χ2v) is 4.55. The van der Waals surface area contributed by atoms with E-state index in [1.54, 1.807) is 62.8 Å². The van der Waals surface area contributed by atoms with E-state index in [0.717, 1.165) is 5.56 Å². The van der Waals surface area contributed by atoms with Crippen molar-refractivity contribution >= 4 is 12.0 Å². The van der Waals surface area contributed by atoms with E-state index in [4.69, 9.17) is 18.9 Å². The first-order valence-corrected chi connectivity index (χ1v) is 6.92. The van der Waals surface area contributed by atoms with Crippen LogP contribution in [0.5, 0.6) is 23.0 Å². The first-order valence-electron chi connectivity index (χ1n) is 6.92. The molecule has 0 fully saturated rings. The molecule has 120 valence electrons. The van der Waals surface area contributed by atoms with Crippen LogP contribution < -0.4 is 18.9 Å². The summed E-state index contributed by atoms with van der Waals surface area (Å²) in [6.07, 6.45) is 2.96. The summed E-state index contributed by atoms with van der Waals surface area (Å²) >= 11 is 0. The molecule has 0 aliphatic rings. The standard InChI is InChI=1S/C18H18O5/c1-20-14-10-13(11-15(12-14)21-2)8-9-18(19)23-17-7-5-4-6-16(17)22-3/h4-12H,1-3H3/b9-8+. The van der Waals surface area contributed by atoms with E-state index in [9.17, 15) is 4.79 Å². The molecule has 0 atom stereocenters. The van der Waals surface area contributed by atoms with Crippen LogP contribution in [-0.2, 0) is 4.79 Å². The summed E-state index contributed by atoms with van der Waals surface area (Å²) in [6, 6.07) is 12.3. The first kappa shape index (κ1) is 16.4. The van der Waals surface area contributed by atoms with Gasteiger partial charge in [0.15, 0.2) is 11.5 Å². The van der Waals surface area contributed by atoms with Gasteiger partial charge in [0.1, 0.15) is 11.5 Å². The van der Waals surface area contributed by atoms with Crippen molar-refractivity contribution in [3.63, 3.8) is 0 Å². The summed E-state index contributed by atoms with van der Waals surface area (Å²) in [6.45, 7) is 0. The van der Waals surface area contributed by atoms with Crippen LogP contribution in [0.15, 0.2) is 48.5 Å². The molecule has 2 aromatic rings. The van der Waals surface area contributed by atoms with E-state index in [-0.39, 0.29) is 0 Å². The molecule has 23 heavy (non-hydrogen) atoms. The molecule has 0 saturated heterocycles. The predicted molar refractivity (Wildman–Crippen MR) is 87.2 cm³/mol. The van der Waals surface area contributed by atoms with Gasteiger partial charge in [-0.25, -0.2) is 4.79 Å². The Kier molecular flexibility index (Phi) is 5.63. The molecule has 0 radical (unpaired) electrons. The van der Waals surface area contributed by atoms with Crippen LogP contribution in [0.1, 0.15) is 5.56 Å². The number of ether oxygens (including phenoxy) is 4. The maximum atomic E-state index is 11.9. The monoisotopic (exact) mass is 314 g/mol. The van der Waals surface area contributed by atoms with Gasteiger partial charge in [-0.2, -0.15) is 0 Å². The van der Waals surface area contributed by atoms with Gasteiger partial charge in [-0.15, -0.1) is 0 Å². The molecular weight excluding hydrogens is 296 g/mol. The molecule has 2 rings (SSSR count). The van der Waals surface area contributed by atoms with Crippen molar-refractivity contribution in [3.05, 3.63) is 54.1 Å². The molecule has 0 amide bonds. The van der Waals surface area contributed by atoms with Gasteiger partial charge in [0.05, 0.1) is 21.3 Å². The van der Waals surface area contributed by atoms with Gasteiger partial charge in [0.25, 0.3) is 0 Å². The topological polar surface area (TPSA) is 54.0 Å². The predicted octanol–water partition coefficient (Wildman–Crippen LogP) is 3.33. The Labute approximate surface area is 135 Å². The van der Waals surface area contributed by atoms with Crippen LogP contribution in [0.4, 0.5) is 0 Å². The maximum absolute atomic E-state index is 11.9. The van der Waals surface area contributed by atoms with Gasteiger partial charge in [-0.3, -0.25) is 0 Å². The van der Waals surface area contributed by atoms with E-state index in [0.29, 0.717) is 23.0 Å². The van der Waals surface area contributed by atoms with Crippen LogP contribution in [0, 0.1) is 0 Å². The number of esters is 1. The summed E-state index contributed by atoms with van der Waals surface area (Å²) in [4.78, 5) is 11.9. The lowest BCUT2D eigenvalue weighted by molar-refractivity contribution is -0.129. The normalized spacial score (nSPS) is 10.4. The largest absolute Gasteiger partial charge is 0.497 e. The number of benzene rings is 2. The third-order valence-electron chi connectivity index (χ3n) is 3.07. The van der Waals surface area contributed by atoms with Crippen molar-refractivity contribution in [1.29, 1.82) is 0 Å². The van der Waals surface area contributed by atoms with Crippen molar-refractivity contribution in [2.75, 3.05) is 21.3 Å². The molecule has 0 aliphatic heterocycles. The Balaban J connectivity index is 2.12. The van der Waals surface area contributed by atoms with E-state index < -0.39 is 5.97 Å². The third kappa shape index (κ3) is 4.51.